The van der Waals surface area contributed by atoms with Crippen molar-refractivity contribution < 1.29 is 0 Å². The fourth-order valence-corrected chi connectivity index (χ4v) is 2.90. The largest absolute Gasteiger partial charge is 0.332 e. The summed E-state index contributed by atoms with van der Waals surface area (Å²) in [4.78, 5) is 4.45. The molecule has 2 heterocycles. The number of fused-ring (bicyclic) bond motifs is 3. The molecule has 2 aromatic heterocycles. The van der Waals surface area contributed by atoms with Gasteiger partial charge in [-0.3, -0.25) is 0 Å². The van der Waals surface area contributed by atoms with Gasteiger partial charge in [0, 0.05) is 30.4 Å². The molecule has 1 atom stereocenters. The summed E-state index contributed by atoms with van der Waals surface area (Å²) in [5.41, 5.74) is 4.65. The topological polar surface area (TPSA) is 29.9 Å². The number of nitrogens with one attached hydrogen (secondary N) is 1. The number of aromatic nitrogens is 2. The average molecular weight is 225 g/mol. The molecule has 4 heteroatoms. The van der Waals surface area contributed by atoms with Crippen LogP contribution in [0.15, 0.2) is 12.3 Å². The first-order valence-corrected chi connectivity index (χ1v) is 6.09. The molecule has 0 fully saturated rings. The van der Waals surface area contributed by atoms with Crippen molar-refractivity contribution in [3.8, 4) is 0 Å². The van der Waals surface area contributed by atoms with E-state index in [-0.39, 0.29) is 0 Å². The third-order valence-electron chi connectivity index (χ3n) is 3.87. The lowest BCUT2D eigenvalue weighted by Gasteiger charge is -2.22. The van der Waals surface area contributed by atoms with Crippen LogP contribution in [0.2, 0.25) is 0 Å². The number of aryl methyl sites for hydroxylation is 1. The zero-order valence-corrected chi connectivity index (χ0v) is 10.3. The van der Waals surface area contributed by atoms with Crippen LogP contribution in [-0.2, 0) is 19.9 Å². The lowest BCUT2D eigenvalue weighted by atomic mass is 9.90. The maximum absolute atomic E-state index is 5.85. The highest BCUT2D eigenvalue weighted by molar-refractivity contribution is 6.32. The van der Waals surface area contributed by atoms with Gasteiger partial charge in [-0.25, -0.2) is 4.98 Å². The SMILES string of the molecule is [B]c1cnc2c(c1)c1c(n2C)CCC(NC)C1. The molecule has 1 unspecified atom stereocenters. The Bertz CT molecular complexity index is 574. The highest BCUT2D eigenvalue weighted by Crippen LogP contribution is 2.29. The number of hydrogen-bond acceptors (Lipinski definition) is 2. The van der Waals surface area contributed by atoms with Crippen molar-refractivity contribution in [3.05, 3.63) is 23.5 Å². The molecule has 3 nitrogen and oxygen atoms in total. The Morgan fingerprint density at radius 2 is 2.35 bits per heavy atom. The van der Waals surface area contributed by atoms with Gasteiger partial charge in [0.25, 0.3) is 0 Å². The monoisotopic (exact) mass is 225 g/mol. The van der Waals surface area contributed by atoms with Crippen LogP contribution in [0.4, 0.5) is 0 Å². The lowest BCUT2D eigenvalue weighted by molar-refractivity contribution is 0.488. The smallest absolute Gasteiger partial charge is 0.140 e. The maximum Gasteiger partial charge on any atom is 0.140 e. The highest BCUT2D eigenvalue weighted by atomic mass is 15.0. The first kappa shape index (κ1) is 10.8. The summed E-state index contributed by atoms with van der Waals surface area (Å²) in [7, 11) is 9.98. The van der Waals surface area contributed by atoms with Crippen LogP contribution in [0.5, 0.6) is 0 Å². The van der Waals surface area contributed by atoms with Crippen LogP contribution in [0.3, 0.4) is 0 Å². The summed E-state index contributed by atoms with van der Waals surface area (Å²) in [6.07, 6.45) is 5.13. The van der Waals surface area contributed by atoms with Gasteiger partial charge in [-0.2, -0.15) is 0 Å². The minimum atomic E-state index is 0.578. The highest BCUT2D eigenvalue weighted by Gasteiger charge is 2.23. The Balaban J connectivity index is 2.23. The second-order valence-corrected chi connectivity index (χ2v) is 4.85. The number of nitrogens with zero attached hydrogens (tertiary/aromatic N) is 2. The minimum absolute atomic E-state index is 0.578. The number of pyridine rings is 1. The second-order valence-electron chi connectivity index (χ2n) is 4.85. The first-order valence-electron chi connectivity index (χ1n) is 6.09. The zero-order valence-electron chi connectivity index (χ0n) is 10.3. The van der Waals surface area contributed by atoms with Crippen LogP contribution < -0.4 is 10.8 Å². The molecule has 0 amide bonds. The van der Waals surface area contributed by atoms with Crippen LogP contribution in [0.25, 0.3) is 11.0 Å². The van der Waals surface area contributed by atoms with Gasteiger partial charge < -0.3 is 9.88 Å². The van der Waals surface area contributed by atoms with Crippen LogP contribution in [-0.4, -0.2) is 30.5 Å². The Kier molecular flexibility index (Phi) is 2.47. The minimum Gasteiger partial charge on any atom is -0.332 e. The van der Waals surface area contributed by atoms with E-state index in [0.29, 0.717) is 6.04 Å². The van der Waals surface area contributed by atoms with Gasteiger partial charge in [0.1, 0.15) is 13.5 Å². The first-order chi connectivity index (χ1) is 8.20. The normalized spacial score (nSPS) is 19.5. The van der Waals surface area contributed by atoms with E-state index >= 15 is 0 Å². The molecule has 0 saturated carbocycles. The zero-order chi connectivity index (χ0) is 12.0. The fourth-order valence-electron chi connectivity index (χ4n) is 2.90. The van der Waals surface area contributed by atoms with Gasteiger partial charge in [0.2, 0.25) is 0 Å². The molecule has 1 aliphatic carbocycles. The van der Waals surface area contributed by atoms with Gasteiger partial charge in [-0.1, -0.05) is 11.5 Å². The number of likely N-dealkylation sites (N-methyl/N-ethyl adjacent to an activating group) is 1. The van der Waals surface area contributed by atoms with E-state index in [1.165, 1.54) is 23.1 Å². The summed E-state index contributed by atoms with van der Waals surface area (Å²) in [5.74, 6) is 0. The number of hydrogen-bond donors (Lipinski definition) is 1. The molecule has 0 aliphatic heterocycles. The van der Waals surface area contributed by atoms with Gasteiger partial charge in [0.15, 0.2) is 0 Å². The molecule has 0 saturated heterocycles. The molecule has 1 N–H and O–H groups in total. The Hall–Kier alpha value is -1.29. The molecule has 2 radical (unpaired) electrons. The molecule has 0 bridgehead atoms. The van der Waals surface area contributed by atoms with E-state index in [4.69, 9.17) is 7.85 Å². The lowest BCUT2D eigenvalue weighted by Crippen LogP contribution is -2.31. The van der Waals surface area contributed by atoms with Crippen molar-refractivity contribution in [3.63, 3.8) is 0 Å². The third kappa shape index (κ3) is 1.59. The van der Waals surface area contributed by atoms with E-state index in [1.54, 1.807) is 6.20 Å². The molecule has 2 aromatic rings. The molecule has 1 aliphatic rings. The van der Waals surface area contributed by atoms with Crippen LogP contribution in [0, 0.1) is 0 Å². The fraction of sp³-hybridized carbons (Fsp3) is 0.462. The van der Waals surface area contributed by atoms with Crippen molar-refractivity contribution in [1.29, 1.82) is 0 Å². The molecule has 17 heavy (non-hydrogen) atoms. The van der Waals surface area contributed by atoms with E-state index in [9.17, 15) is 0 Å². The summed E-state index contributed by atoms with van der Waals surface area (Å²) < 4.78 is 2.22. The summed E-state index contributed by atoms with van der Waals surface area (Å²) in [5, 5.41) is 4.60. The predicted molar refractivity (Wildman–Crippen MR) is 71.0 cm³/mol. The molecule has 0 spiro atoms. The molecule has 86 valence electrons. The van der Waals surface area contributed by atoms with Crippen LogP contribution >= 0.6 is 0 Å². The van der Waals surface area contributed by atoms with E-state index in [1.807, 2.05) is 7.05 Å². The van der Waals surface area contributed by atoms with E-state index < -0.39 is 0 Å². The van der Waals surface area contributed by atoms with Gasteiger partial charge in [0.05, 0.1) is 0 Å². The van der Waals surface area contributed by atoms with Gasteiger partial charge in [-0.05, 0) is 31.9 Å². The van der Waals surface area contributed by atoms with Gasteiger partial charge in [-0.15, -0.1) is 0 Å². The Labute approximate surface area is 103 Å². The predicted octanol–water partition coefficient (Wildman–Crippen LogP) is 0.444. The van der Waals surface area contributed by atoms with Crippen molar-refractivity contribution in [2.24, 2.45) is 7.05 Å². The summed E-state index contributed by atoms with van der Waals surface area (Å²) >= 11 is 0. The average Bonchev–Trinajstić information content (AvgIpc) is 2.62. The Morgan fingerprint density at radius 3 is 3.12 bits per heavy atom. The van der Waals surface area contributed by atoms with E-state index in [0.717, 1.165) is 24.0 Å². The molecular formula is C13H16BN3. The quantitative estimate of drug-likeness (QED) is 0.714. The molecule has 0 aromatic carbocycles. The van der Waals surface area contributed by atoms with Crippen LogP contribution in [0.1, 0.15) is 17.7 Å². The van der Waals surface area contributed by atoms with Crippen molar-refractivity contribution >= 4 is 24.3 Å². The molecular weight excluding hydrogens is 209 g/mol. The van der Waals surface area contributed by atoms with Gasteiger partial charge >= 0.3 is 0 Å². The Morgan fingerprint density at radius 1 is 1.53 bits per heavy atom. The van der Waals surface area contributed by atoms with E-state index in [2.05, 4.69) is 28.0 Å². The number of rotatable bonds is 1. The van der Waals surface area contributed by atoms with Crippen molar-refractivity contribution in [1.82, 2.24) is 14.9 Å². The maximum atomic E-state index is 5.85. The molecule has 3 rings (SSSR count). The summed E-state index contributed by atoms with van der Waals surface area (Å²) in [6.45, 7) is 0. The van der Waals surface area contributed by atoms with Crippen molar-refractivity contribution in [2.45, 2.75) is 25.3 Å². The van der Waals surface area contributed by atoms with Crippen molar-refractivity contribution in [2.75, 3.05) is 7.05 Å². The summed E-state index contributed by atoms with van der Waals surface area (Å²) in [6, 6.07) is 2.63. The standard InChI is InChI=1S/C13H16BN3/c1-15-9-3-4-12-10(6-9)11-5-8(14)7-16-13(11)17(12)2/h5,7,9,15H,3-4,6H2,1-2H3. The third-order valence-corrected chi connectivity index (χ3v) is 3.87. The second kappa shape index (κ2) is 3.88.